The molecule has 1 aliphatic heterocycles. The van der Waals surface area contributed by atoms with Crippen LogP contribution in [0.4, 0.5) is 0 Å². The molecule has 2 atom stereocenters. The fourth-order valence-electron chi connectivity index (χ4n) is 3.02. The molecule has 2 unspecified atom stereocenters. The van der Waals surface area contributed by atoms with Gasteiger partial charge >= 0.3 is 7.60 Å². The van der Waals surface area contributed by atoms with Gasteiger partial charge in [-0.15, -0.1) is 12.4 Å². The molecule has 1 fully saturated rings. The maximum absolute atomic E-state index is 13.9. The summed E-state index contributed by atoms with van der Waals surface area (Å²) in [6.07, 6.45) is 1.16. The van der Waals surface area contributed by atoms with Gasteiger partial charge in [0.15, 0.2) is 5.78 Å². The predicted octanol–water partition coefficient (Wildman–Crippen LogP) is 5.36. The second-order valence-electron chi connectivity index (χ2n) is 6.57. The van der Waals surface area contributed by atoms with Crippen LogP contribution in [0.1, 0.15) is 19.8 Å². The molecule has 1 saturated heterocycles. The molecule has 10 heteroatoms. The average Bonchev–Trinajstić information content (AvgIpc) is 3.15. The molecule has 0 spiro atoms. The lowest BCUT2D eigenvalue weighted by Crippen LogP contribution is -2.45. The highest BCUT2D eigenvalue weighted by molar-refractivity contribution is 7.55. The summed E-state index contributed by atoms with van der Waals surface area (Å²) in [6, 6.07) is 12.2. The monoisotopic (exact) mass is 478 g/mol. The molecule has 0 bridgehead atoms. The number of likely N-dealkylation sites (tertiary alicyclic amines) is 1. The van der Waals surface area contributed by atoms with Crippen molar-refractivity contribution in [3.05, 3.63) is 58.6 Å². The molecule has 158 valence electrons. The Hall–Kier alpha value is -1.43. The third-order valence-corrected chi connectivity index (χ3v) is 7.05. The highest BCUT2D eigenvalue weighted by Crippen LogP contribution is 2.57. The molecule has 0 saturated carbocycles. The molecule has 1 aliphatic rings. The average molecular weight is 480 g/mol. The van der Waals surface area contributed by atoms with Crippen molar-refractivity contribution in [1.82, 2.24) is 4.90 Å². The maximum atomic E-state index is 13.9. The van der Waals surface area contributed by atoms with Crippen molar-refractivity contribution in [3.8, 4) is 11.5 Å². The molecule has 2 N–H and O–H groups in total. The van der Waals surface area contributed by atoms with E-state index in [1.54, 1.807) is 55.5 Å². The largest absolute Gasteiger partial charge is 0.453 e. The van der Waals surface area contributed by atoms with E-state index in [4.69, 9.17) is 38.0 Å². The Kier molecular flexibility index (Phi) is 8.27. The van der Waals surface area contributed by atoms with Crippen LogP contribution in [0.25, 0.3) is 0 Å². The maximum Gasteiger partial charge on any atom is 0.453 e. The first-order chi connectivity index (χ1) is 13.3. The van der Waals surface area contributed by atoms with Gasteiger partial charge in [-0.2, -0.15) is 0 Å². The number of carbonyl (C=O) groups is 1. The molecule has 6 nitrogen and oxygen atoms in total. The summed E-state index contributed by atoms with van der Waals surface area (Å²) >= 11 is 11.8. The van der Waals surface area contributed by atoms with Crippen LogP contribution in [0.15, 0.2) is 48.5 Å². The first kappa shape index (κ1) is 23.8. The van der Waals surface area contributed by atoms with Gasteiger partial charge in [0.1, 0.15) is 11.5 Å². The molecule has 1 amide bonds. The summed E-state index contributed by atoms with van der Waals surface area (Å²) in [5.41, 5.74) is 5.77. The van der Waals surface area contributed by atoms with E-state index in [9.17, 15) is 9.36 Å². The van der Waals surface area contributed by atoms with E-state index >= 15 is 0 Å². The molecule has 0 radical (unpaired) electrons. The van der Waals surface area contributed by atoms with Crippen LogP contribution in [0.5, 0.6) is 11.5 Å². The standard InChI is InChI=1S/C19H21Cl2N2O4P.ClH/c1-13(22)19(24)23-12-2-3-18(23)28(25,26-16-8-4-14(20)5-9-16)27-17-10-6-15(21)7-11-17;/h4-11,13,18H,2-3,12,22H2,1H3;1H. The normalized spacial score (nSPS) is 17.4. The smallest absolute Gasteiger partial charge is 0.415 e. The molecule has 0 aliphatic carbocycles. The summed E-state index contributed by atoms with van der Waals surface area (Å²) in [4.78, 5) is 14.0. The summed E-state index contributed by atoms with van der Waals surface area (Å²) in [7, 11) is -3.83. The molecule has 1 heterocycles. The van der Waals surface area contributed by atoms with Gasteiger partial charge in [0.05, 0.1) is 6.04 Å². The molecule has 2 aromatic rings. The van der Waals surface area contributed by atoms with Gasteiger partial charge in [0.2, 0.25) is 5.91 Å². The van der Waals surface area contributed by atoms with Gasteiger partial charge < -0.3 is 19.7 Å². The Morgan fingerprint density at radius 1 is 1.07 bits per heavy atom. The molecule has 2 aromatic carbocycles. The number of amides is 1. The number of carbonyl (C=O) groups excluding carboxylic acids is 1. The van der Waals surface area contributed by atoms with E-state index in [1.165, 1.54) is 4.90 Å². The van der Waals surface area contributed by atoms with Crippen molar-refractivity contribution in [2.24, 2.45) is 5.73 Å². The van der Waals surface area contributed by atoms with Crippen LogP contribution in [-0.4, -0.2) is 29.2 Å². The lowest BCUT2D eigenvalue weighted by atomic mass is 10.3. The first-order valence-corrected chi connectivity index (χ1v) is 11.2. The van der Waals surface area contributed by atoms with Gasteiger partial charge in [0.25, 0.3) is 0 Å². The number of hydrogen-bond acceptors (Lipinski definition) is 5. The zero-order chi connectivity index (χ0) is 20.3. The zero-order valence-electron chi connectivity index (χ0n) is 15.7. The van der Waals surface area contributed by atoms with Crippen LogP contribution >= 0.6 is 43.2 Å². The Balaban J connectivity index is 0.00000300. The number of rotatable bonds is 6. The lowest BCUT2D eigenvalue weighted by Gasteiger charge is -2.31. The van der Waals surface area contributed by atoms with Gasteiger partial charge in [0, 0.05) is 16.6 Å². The minimum atomic E-state index is -3.83. The van der Waals surface area contributed by atoms with Gasteiger partial charge in [-0.1, -0.05) is 23.2 Å². The second-order valence-corrected chi connectivity index (χ2v) is 9.49. The Morgan fingerprint density at radius 2 is 1.52 bits per heavy atom. The Morgan fingerprint density at radius 3 is 1.93 bits per heavy atom. The molecule has 3 rings (SSSR count). The van der Waals surface area contributed by atoms with Crippen LogP contribution < -0.4 is 14.8 Å². The second kappa shape index (κ2) is 10.1. The Labute approximate surface area is 186 Å². The van der Waals surface area contributed by atoms with Crippen LogP contribution in [0.3, 0.4) is 0 Å². The SMILES string of the molecule is CC(N)C(=O)N1CCCC1P(=O)(Oc1ccc(Cl)cc1)Oc1ccc(Cl)cc1.Cl. The third-order valence-electron chi connectivity index (χ3n) is 4.35. The van der Waals surface area contributed by atoms with Crippen molar-refractivity contribution in [2.75, 3.05) is 6.54 Å². The number of benzene rings is 2. The fraction of sp³-hybridized carbons (Fsp3) is 0.316. The first-order valence-electron chi connectivity index (χ1n) is 8.84. The van der Waals surface area contributed by atoms with Gasteiger partial charge in [-0.25, -0.2) is 4.57 Å². The summed E-state index contributed by atoms with van der Waals surface area (Å²) in [6.45, 7) is 2.05. The van der Waals surface area contributed by atoms with Crippen LogP contribution in [0.2, 0.25) is 10.0 Å². The molecule has 29 heavy (non-hydrogen) atoms. The van der Waals surface area contributed by atoms with Gasteiger partial charge in [-0.05, 0) is 68.3 Å². The minimum absolute atomic E-state index is 0. The van der Waals surface area contributed by atoms with Crippen molar-refractivity contribution in [1.29, 1.82) is 0 Å². The van der Waals surface area contributed by atoms with E-state index < -0.39 is 19.4 Å². The third kappa shape index (κ3) is 5.80. The topological polar surface area (TPSA) is 81.9 Å². The Bertz CT molecular complexity index is 827. The molecular formula is C19H22Cl3N2O4P. The lowest BCUT2D eigenvalue weighted by molar-refractivity contribution is -0.132. The zero-order valence-corrected chi connectivity index (χ0v) is 18.9. The van der Waals surface area contributed by atoms with Crippen molar-refractivity contribution < 1.29 is 18.4 Å². The van der Waals surface area contributed by atoms with E-state index in [0.29, 0.717) is 40.9 Å². The highest BCUT2D eigenvalue weighted by atomic mass is 35.5. The minimum Gasteiger partial charge on any atom is -0.415 e. The van der Waals surface area contributed by atoms with Gasteiger partial charge in [-0.3, -0.25) is 4.79 Å². The van der Waals surface area contributed by atoms with E-state index in [-0.39, 0.29) is 18.3 Å². The van der Waals surface area contributed by atoms with Crippen LogP contribution in [-0.2, 0) is 9.36 Å². The van der Waals surface area contributed by atoms with Crippen LogP contribution in [0, 0.1) is 0 Å². The number of nitrogens with two attached hydrogens (primary N) is 1. The summed E-state index contributed by atoms with van der Waals surface area (Å²) in [5.74, 6) is -0.358. The number of halogens is 3. The summed E-state index contributed by atoms with van der Waals surface area (Å²) < 4.78 is 25.6. The number of nitrogens with zero attached hydrogens (tertiary/aromatic N) is 1. The van der Waals surface area contributed by atoms with E-state index in [0.717, 1.165) is 0 Å². The fourth-order valence-corrected chi connectivity index (χ4v) is 5.45. The predicted molar refractivity (Wildman–Crippen MR) is 117 cm³/mol. The van der Waals surface area contributed by atoms with Crippen molar-refractivity contribution in [3.63, 3.8) is 0 Å². The van der Waals surface area contributed by atoms with Crippen molar-refractivity contribution >= 4 is 49.1 Å². The quantitative estimate of drug-likeness (QED) is 0.564. The summed E-state index contributed by atoms with van der Waals surface area (Å²) in [5, 5.41) is 1.05. The van der Waals surface area contributed by atoms with Crippen molar-refractivity contribution in [2.45, 2.75) is 31.6 Å². The van der Waals surface area contributed by atoms with E-state index in [2.05, 4.69) is 0 Å². The number of hydrogen-bond donors (Lipinski definition) is 1. The molecular weight excluding hydrogens is 458 g/mol. The highest BCUT2D eigenvalue weighted by Gasteiger charge is 2.48. The van der Waals surface area contributed by atoms with E-state index in [1.807, 2.05) is 0 Å². The molecule has 0 aromatic heterocycles.